The van der Waals surface area contributed by atoms with Crippen molar-refractivity contribution in [3.63, 3.8) is 0 Å². The first-order valence-corrected chi connectivity index (χ1v) is 6.32. The van der Waals surface area contributed by atoms with Gasteiger partial charge in [0.2, 0.25) is 0 Å². The molecule has 0 bridgehead atoms. The van der Waals surface area contributed by atoms with Crippen molar-refractivity contribution in [1.82, 2.24) is 4.90 Å². The molecule has 1 N–H and O–H groups in total. The van der Waals surface area contributed by atoms with E-state index in [1.165, 1.54) is 45.3 Å². The summed E-state index contributed by atoms with van der Waals surface area (Å²) in [5.41, 5.74) is 0. The lowest BCUT2D eigenvalue weighted by Gasteiger charge is -2.26. The number of aliphatic hydroxyl groups is 1. The number of carbonyl (C=O) groups excluding carboxylic acids is 1. The van der Waals surface area contributed by atoms with Crippen molar-refractivity contribution in [3.8, 4) is 0 Å². The number of unbranched alkanes of at least 4 members (excludes halogenated alkanes) is 2. The van der Waals surface area contributed by atoms with Crippen molar-refractivity contribution < 1.29 is 14.6 Å². The molecule has 0 aliphatic carbocycles. The van der Waals surface area contributed by atoms with Crippen molar-refractivity contribution in [2.75, 3.05) is 32.8 Å². The van der Waals surface area contributed by atoms with E-state index in [2.05, 4.69) is 4.90 Å². The molecule has 1 fully saturated rings. The first-order chi connectivity index (χ1) is 7.83. The summed E-state index contributed by atoms with van der Waals surface area (Å²) in [7, 11) is 0. The lowest BCUT2D eigenvalue weighted by atomic mass is 10.1. The molecule has 0 aromatic rings. The Morgan fingerprint density at radius 2 is 1.88 bits per heavy atom. The second kappa shape index (κ2) is 8.53. The third kappa shape index (κ3) is 6.08. The molecular formula is C12H23NO3. The third-order valence-corrected chi connectivity index (χ3v) is 2.96. The van der Waals surface area contributed by atoms with Crippen LogP contribution in [0.1, 0.15) is 38.5 Å². The van der Waals surface area contributed by atoms with Gasteiger partial charge in [-0.1, -0.05) is 6.42 Å². The van der Waals surface area contributed by atoms with Crippen LogP contribution in [0.25, 0.3) is 0 Å². The standard InChI is InChI=1S/C12H23NO3/c14-11-12(15)16-10-6-2-5-9-13-7-3-1-4-8-13/h14H,1-11H2. The van der Waals surface area contributed by atoms with E-state index in [1.807, 2.05) is 0 Å². The van der Waals surface area contributed by atoms with E-state index in [0.29, 0.717) is 6.61 Å². The molecule has 0 saturated carbocycles. The van der Waals surface area contributed by atoms with Crippen LogP contribution in [-0.2, 0) is 9.53 Å². The van der Waals surface area contributed by atoms with Crippen LogP contribution < -0.4 is 0 Å². The molecule has 1 saturated heterocycles. The topological polar surface area (TPSA) is 49.8 Å². The minimum absolute atomic E-state index is 0.444. The number of aliphatic hydroxyl groups excluding tert-OH is 1. The quantitative estimate of drug-likeness (QED) is 0.526. The summed E-state index contributed by atoms with van der Waals surface area (Å²) in [4.78, 5) is 13.1. The van der Waals surface area contributed by atoms with Crippen LogP contribution in [0.5, 0.6) is 0 Å². The predicted molar refractivity (Wildman–Crippen MR) is 62.2 cm³/mol. The van der Waals surface area contributed by atoms with E-state index in [9.17, 15) is 4.79 Å². The number of nitrogens with zero attached hydrogens (tertiary/aromatic N) is 1. The van der Waals surface area contributed by atoms with E-state index < -0.39 is 12.6 Å². The van der Waals surface area contributed by atoms with E-state index >= 15 is 0 Å². The van der Waals surface area contributed by atoms with Crippen LogP contribution in [0.3, 0.4) is 0 Å². The summed E-state index contributed by atoms with van der Waals surface area (Å²) < 4.78 is 4.78. The Bertz CT molecular complexity index is 191. The first-order valence-electron chi connectivity index (χ1n) is 6.32. The maximum absolute atomic E-state index is 10.6. The Kier molecular flexibility index (Phi) is 7.17. The molecule has 0 aromatic heterocycles. The summed E-state index contributed by atoms with van der Waals surface area (Å²) in [5.74, 6) is -0.518. The fourth-order valence-corrected chi connectivity index (χ4v) is 2.03. The number of carbonyl (C=O) groups is 1. The molecule has 1 rings (SSSR count). The highest BCUT2D eigenvalue weighted by molar-refractivity contribution is 5.70. The maximum atomic E-state index is 10.6. The zero-order chi connectivity index (χ0) is 11.6. The Balaban J connectivity index is 1.85. The van der Waals surface area contributed by atoms with Gasteiger partial charge in [-0.25, -0.2) is 4.79 Å². The Labute approximate surface area is 97.6 Å². The number of hydrogen-bond acceptors (Lipinski definition) is 4. The molecule has 1 aliphatic rings. The Morgan fingerprint density at radius 1 is 1.12 bits per heavy atom. The summed E-state index contributed by atoms with van der Waals surface area (Å²) in [6.07, 6.45) is 7.24. The molecule has 0 spiro atoms. The molecule has 4 nitrogen and oxygen atoms in total. The third-order valence-electron chi connectivity index (χ3n) is 2.96. The Hall–Kier alpha value is -0.610. The van der Waals surface area contributed by atoms with Gasteiger partial charge in [0.05, 0.1) is 6.61 Å². The molecular weight excluding hydrogens is 206 g/mol. The van der Waals surface area contributed by atoms with Gasteiger partial charge in [0, 0.05) is 0 Å². The van der Waals surface area contributed by atoms with Gasteiger partial charge in [-0.2, -0.15) is 0 Å². The fourth-order valence-electron chi connectivity index (χ4n) is 2.03. The lowest BCUT2D eigenvalue weighted by molar-refractivity contribution is -0.147. The molecule has 1 aliphatic heterocycles. The van der Waals surface area contributed by atoms with Gasteiger partial charge in [0.1, 0.15) is 6.61 Å². The minimum atomic E-state index is -0.518. The van der Waals surface area contributed by atoms with Gasteiger partial charge in [-0.3, -0.25) is 0 Å². The highest BCUT2D eigenvalue weighted by atomic mass is 16.5. The van der Waals surface area contributed by atoms with Crippen molar-refractivity contribution >= 4 is 5.97 Å². The second-order valence-electron chi connectivity index (χ2n) is 4.34. The van der Waals surface area contributed by atoms with Crippen LogP contribution in [0, 0.1) is 0 Å². The summed E-state index contributed by atoms with van der Waals surface area (Å²) in [6, 6.07) is 0. The predicted octanol–water partition coefficient (Wildman–Crippen LogP) is 1.18. The van der Waals surface area contributed by atoms with Gasteiger partial charge < -0.3 is 14.7 Å². The van der Waals surface area contributed by atoms with Gasteiger partial charge >= 0.3 is 5.97 Å². The summed E-state index contributed by atoms with van der Waals surface area (Å²) in [6.45, 7) is 3.61. The second-order valence-corrected chi connectivity index (χ2v) is 4.34. The normalized spacial score (nSPS) is 17.3. The van der Waals surface area contributed by atoms with E-state index in [0.717, 1.165) is 12.8 Å². The van der Waals surface area contributed by atoms with Crippen LogP contribution in [0.4, 0.5) is 0 Å². The number of ether oxygens (including phenoxy) is 1. The first kappa shape index (κ1) is 13.5. The number of likely N-dealkylation sites (tertiary alicyclic amines) is 1. The zero-order valence-corrected chi connectivity index (χ0v) is 9.99. The maximum Gasteiger partial charge on any atom is 0.331 e. The highest BCUT2D eigenvalue weighted by Crippen LogP contribution is 2.09. The molecule has 0 radical (unpaired) electrons. The fraction of sp³-hybridized carbons (Fsp3) is 0.917. The van der Waals surface area contributed by atoms with Gasteiger partial charge in [-0.15, -0.1) is 0 Å². The smallest absolute Gasteiger partial charge is 0.331 e. The van der Waals surface area contributed by atoms with Crippen LogP contribution in [0.2, 0.25) is 0 Å². The molecule has 1 heterocycles. The number of hydrogen-bond donors (Lipinski definition) is 1. The minimum Gasteiger partial charge on any atom is -0.464 e. The van der Waals surface area contributed by atoms with E-state index in [4.69, 9.17) is 9.84 Å². The molecule has 0 atom stereocenters. The van der Waals surface area contributed by atoms with Gasteiger partial charge in [0.15, 0.2) is 0 Å². The Morgan fingerprint density at radius 3 is 2.56 bits per heavy atom. The van der Waals surface area contributed by atoms with Crippen molar-refractivity contribution in [2.24, 2.45) is 0 Å². The molecule has 0 amide bonds. The van der Waals surface area contributed by atoms with Crippen LogP contribution >= 0.6 is 0 Å². The average Bonchev–Trinajstić information content (AvgIpc) is 2.34. The number of rotatable bonds is 7. The average molecular weight is 229 g/mol. The monoisotopic (exact) mass is 229 g/mol. The zero-order valence-electron chi connectivity index (χ0n) is 9.99. The molecule has 4 heteroatoms. The van der Waals surface area contributed by atoms with Crippen LogP contribution in [0.15, 0.2) is 0 Å². The lowest BCUT2D eigenvalue weighted by Crippen LogP contribution is -2.30. The van der Waals surface area contributed by atoms with E-state index in [1.54, 1.807) is 0 Å². The number of piperidine rings is 1. The summed E-state index contributed by atoms with van der Waals surface area (Å²) in [5, 5.41) is 8.43. The molecule has 16 heavy (non-hydrogen) atoms. The van der Waals surface area contributed by atoms with Crippen molar-refractivity contribution in [2.45, 2.75) is 38.5 Å². The highest BCUT2D eigenvalue weighted by Gasteiger charge is 2.08. The molecule has 0 aromatic carbocycles. The SMILES string of the molecule is O=C(CO)OCCCCCN1CCCCC1. The summed E-state index contributed by atoms with van der Waals surface area (Å²) >= 11 is 0. The van der Waals surface area contributed by atoms with Gasteiger partial charge in [0.25, 0.3) is 0 Å². The van der Waals surface area contributed by atoms with Crippen LogP contribution in [-0.4, -0.2) is 48.8 Å². The van der Waals surface area contributed by atoms with Crippen molar-refractivity contribution in [1.29, 1.82) is 0 Å². The number of esters is 1. The van der Waals surface area contributed by atoms with Crippen molar-refractivity contribution in [3.05, 3.63) is 0 Å². The van der Waals surface area contributed by atoms with E-state index in [-0.39, 0.29) is 0 Å². The largest absolute Gasteiger partial charge is 0.464 e. The molecule has 94 valence electrons. The van der Waals surface area contributed by atoms with Gasteiger partial charge in [-0.05, 0) is 51.7 Å². The molecule has 0 unspecified atom stereocenters.